The third-order valence-electron chi connectivity index (χ3n) is 6.08. The smallest absolute Gasteiger partial charge is 0.242 e. The van der Waals surface area contributed by atoms with Crippen molar-refractivity contribution < 1.29 is 4.99 Å². The van der Waals surface area contributed by atoms with Gasteiger partial charge >= 0.3 is 0 Å². The van der Waals surface area contributed by atoms with E-state index in [4.69, 9.17) is 0 Å². The van der Waals surface area contributed by atoms with Crippen molar-refractivity contribution in [3.05, 3.63) is 0 Å². The Morgan fingerprint density at radius 1 is 1.31 bits per heavy atom. The minimum atomic E-state index is 0.509. The summed E-state index contributed by atoms with van der Waals surface area (Å²) >= 11 is 0. The molecule has 2 heteroatoms. The number of fused-ring (bicyclic) bond motifs is 2. The molecule has 3 rings (SSSR count). The van der Waals surface area contributed by atoms with Gasteiger partial charge in [0.1, 0.15) is 0 Å². The van der Waals surface area contributed by atoms with Crippen LogP contribution in [0.15, 0.2) is 0 Å². The summed E-state index contributed by atoms with van der Waals surface area (Å²) in [7, 11) is 0. The Labute approximate surface area is 98.9 Å². The molecule has 1 aliphatic heterocycles. The zero-order valence-electron chi connectivity index (χ0n) is 10.9. The molecule has 0 spiro atoms. The molecule has 2 saturated carbocycles. The molecule has 2 N–H and O–H groups in total. The van der Waals surface area contributed by atoms with Gasteiger partial charge in [-0.25, -0.2) is 0 Å². The van der Waals surface area contributed by atoms with Gasteiger partial charge in [0, 0.05) is 5.41 Å². The molecule has 0 unspecified atom stereocenters. The summed E-state index contributed by atoms with van der Waals surface area (Å²) in [5, 5.41) is 3.81. The SMILES string of the molecule is CC1(C)[C@@H]2CC[C@]1(C)[C@H](NC1=[NH+]CCC1)C2. The van der Waals surface area contributed by atoms with E-state index >= 15 is 0 Å². The number of rotatable bonds is 1. The van der Waals surface area contributed by atoms with Crippen LogP contribution in [0.2, 0.25) is 0 Å². The third kappa shape index (κ3) is 1.22. The second-order valence-electron chi connectivity index (χ2n) is 6.82. The fraction of sp³-hybridized carbons (Fsp3) is 0.929. The van der Waals surface area contributed by atoms with Crippen LogP contribution in [0.25, 0.3) is 0 Å². The molecule has 0 aromatic rings. The van der Waals surface area contributed by atoms with E-state index in [0.29, 0.717) is 16.9 Å². The zero-order chi connectivity index (χ0) is 11.4. The second-order valence-corrected chi connectivity index (χ2v) is 6.82. The third-order valence-corrected chi connectivity index (χ3v) is 6.08. The molecule has 90 valence electrons. The van der Waals surface area contributed by atoms with Gasteiger partial charge in [-0.2, -0.15) is 0 Å². The lowest BCUT2D eigenvalue weighted by Crippen LogP contribution is -2.73. The minimum Gasteiger partial charge on any atom is -0.279 e. The Balaban J connectivity index is 1.79. The normalized spacial score (nSPS) is 44.8. The van der Waals surface area contributed by atoms with Gasteiger partial charge in [-0.15, -0.1) is 0 Å². The van der Waals surface area contributed by atoms with E-state index in [-0.39, 0.29) is 0 Å². The summed E-state index contributed by atoms with van der Waals surface area (Å²) in [5.74, 6) is 2.35. The van der Waals surface area contributed by atoms with Gasteiger partial charge in [0.05, 0.1) is 19.0 Å². The van der Waals surface area contributed by atoms with E-state index in [1.807, 2.05) is 0 Å². The maximum Gasteiger partial charge on any atom is 0.242 e. The summed E-state index contributed by atoms with van der Waals surface area (Å²) in [6.07, 6.45) is 6.78. The van der Waals surface area contributed by atoms with Crippen molar-refractivity contribution in [3.8, 4) is 0 Å². The first-order chi connectivity index (χ1) is 7.54. The van der Waals surface area contributed by atoms with Crippen molar-refractivity contribution in [2.24, 2.45) is 16.7 Å². The largest absolute Gasteiger partial charge is 0.279 e. The lowest BCUT2D eigenvalue weighted by atomic mass is 9.69. The summed E-state index contributed by atoms with van der Waals surface area (Å²) in [6, 6.07) is 0.710. The van der Waals surface area contributed by atoms with Crippen molar-refractivity contribution in [1.29, 1.82) is 0 Å². The fourth-order valence-corrected chi connectivity index (χ4v) is 4.35. The van der Waals surface area contributed by atoms with Gasteiger partial charge in [-0.1, -0.05) is 20.8 Å². The number of nitrogens with one attached hydrogen (secondary N) is 2. The maximum atomic E-state index is 3.81. The van der Waals surface area contributed by atoms with Crippen LogP contribution in [-0.2, 0) is 0 Å². The standard InChI is InChI=1S/C14H24N2/c1-13(2)10-6-7-14(13,3)11(9-10)16-12-5-4-8-15-12/h10-11H,4-9H2,1-3H3,(H,15,16)/p+1/t10-,11-,14-/m1/s1. The lowest BCUT2D eigenvalue weighted by Gasteiger charge is -2.37. The lowest BCUT2D eigenvalue weighted by molar-refractivity contribution is -0.449. The first kappa shape index (κ1) is 10.6. The maximum absolute atomic E-state index is 3.81. The van der Waals surface area contributed by atoms with Gasteiger partial charge in [-0.05, 0) is 37.0 Å². The molecule has 0 saturated heterocycles. The van der Waals surface area contributed by atoms with Gasteiger partial charge in [0.25, 0.3) is 0 Å². The molecule has 0 radical (unpaired) electrons. The van der Waals surface area contributed by atoms with Crippen LogP contribution in [0.3, 0.4) is 0 Å². The molecule has 2 aliphatic carbocycles. The highest BCUT2D eigenvalue weighted by molar-refractivity contribution is 5.77. The Bertz CT molecular complexity index is 332. The Kier molecular flexibility index (Phi) is 2.15. The highest BCUT2D eigenvalue weighted by Crippen LogP contribution is 2.65. The monoisotopic (exact) mass is 221 g/mol. The quantitative estimate of drug-likeness (QED) is 0.680. The predicted molar refractivity (Wildman–Crippen MR) is 66.2 cm³/mol. The van der Waals surface area contributed by atoms with E-state index in [0.717, 1.165) is 5.92 Å². The van der Waals surface area contributed by atoms with Gasteiger partial charge in [0.15, 0.2) is 0 Å². The van der Waals surface area contributed by atoms with Crippen LogP contribution in [0, 0.1) is 16.7 Å². The Morgan fingerprint density at radius 2 is 2.12 bits per heavy atom. The molecular formula is C14H25N2+. The van der Waals surface area contributed by atoms with E-state index in [1.165, 1.54) is 44.5 Å². The van der Waals surface area contributed by atoms with Crippen LogP contribution in [-0.4, -0.2) is 18.4 Å². The molecule has 3 aliphatic rings. The minimum absolute atomic E-state index is 0.509. The average molecular weight is 221 g/mol. The Morgan fingerprint density at radius 3 is 2.62 bits per heavy atom. The van der Waals surface area contributed by atoms with Gasteiger partial charge in [-0.3, -0.25) is 10.3 Å². The summed E-state index contributed by atoms with van der Waals surface area (Å²) in [5.41, 5.74) is 1.04. The van der Waals surface area contributed by atoms with Crippen LogP contribution in [0.4, 0.5) is 0 Å². The van der Waals surface area contributed by atoms with E-state index in [9.17, 15) is 0 Å². The molecule has 0 aromatic heterocycles. The number of amidine groups is 1. The average Bonchev–Trinajstić information content (AvgIpc) is 2.84. The first-order valence-corrected chi connectivity index (χ1v) is 6.90. The molecule has 2 fully saturated rings. The molecule has 2 nitrogen and oxygen atoms in total. The van der Waals surface area contributed by atoms with Crippen LogP contribution in [0.1, 0.15) is 52.9 Å². The molecule has 3 atom stereocenters. The molecule has 2 bridgehead atoms. The molecule has 0 amide bonds. The fourth-order valence-electron chi connectivity index (χ4n) is 4.35. The van der Waals surface area contributed by atoms with Crippen molar-refractivity contribution in [2.45, 2.75) is 58.9 Å². The zero-order valence-corrected chi connectivity index (χ0v) is 10.9. The first-order valence-electron chi connectivity index (χ1n) is 6.90. The molecule has 16 heavy (non-hydrogen) atoms. The van der Waals surface area contributed by atoms with Crippen LogP contribution in [0.5, 0.6) is 0 Å². The van der Waals surface area contributed by atoms with Gasteiger partial charge in [0.2, 0.25) is 5.84 Å². The van der Waals surface area contributed by atoms with Crippen molar-refractivity contribution in [3.63, 3.8) is 0 Å². The van der Waals surface area contributed by atoms with Crippen LogP contribution < -0.4 is 10.3 Å². The van der Waals surface area contributed by atoms with Crippen molar-refractivity contribution in [1.82, 2.24) is 5.32 Å². The summed E-state index contributed by atoms with van der Waals surface area (Å²) in [6.45, 7) is 8.64. The van der Waals surface area contributed by atoms with E-state index in [1.54, 1.807) is 0 Å². The van der Waals surface area contributed by atoms with Gasteiger partial charge < -0.3 is 0 Å². The highest BCUT2D eigenvalue weighted by Gasteiger charge is 2.63. The van der Waals surface area contributed by atoms with E-state index < -0.39 is 0 Å². The second kappa shape index (κ2) is 3.24. The van der Waals surface area contributed by atoms with Crippen LogP contribution >= 0.6 is 0 Å². The van der Waals surface area contributed by atoms with E-state index in [2.05, 4.69) is 31.1 Å². The number of hydrogen-bond donors (Lipinski definition) is 2. The molecular weight excluding hydrogens is 196 g/mol. The molecule has 0 aromatic carbocycles. The summed E-state index contributed by atoms with van der Waals surface area (Å²) < 4.78 is 0. The Hall–Kier alpha value is -0.530. The topological polar surface area (TPSA) is 26.0 Å². The predicted octanol–water partition coefficient (Wildman–Crippen LogP) is 1.06. The molecule has 1 heterocycles. The number of hydrogen-bond acceptors (Lipinski definition) is 1. The van der Waals surface area contributed by atoms with Crippen molar-refractivity contribution >= 4 is 5.84 Å². The summed E-state index contributed by atoms with van der Waals surface area (Å²) in [4.78, 5) is 3.49. The van der Waals surface area contributed by atoms with Crippen molar-refractivity contribution in [2.75, 3.05) is 6.54 Å². The highest BCUT2D eigenvalue weighted by atomic mass is 15.1.